The van der Waals surface area contributed by atoms with Gasteiger partial charge in [0.1, 0.15) is 5.75 Å². The second kappa shape index (κ2) is 7.39. The van der Waals surface area contributed by atoms with E-state index >= 15 is 0 Å². The second-order valence-corrected chi connectivity index (χ2v) is 4.53. The van der Waals surface area contributed by atoms with Gasteiger partial charge in [-0.1, -0.05) is 13.8 Å². The molecule has 0 aliphatic carbocycles. The van der Waals surface area contributed by atoms with Crippen LogP contribution in [-0.2, 0) is 4.79 Å². The number of aliphatic hydroxyl groups is 1. The molecule has 0 spiro atoms. The zero-order chi connectivity index (χ0) is 14.3. The first-order chi connectivity index (χ1) is 9.06. The van der Waals surface area contributed by atoms with Crippen LogP contribution in [0.5, 0.6) is 5.75 Å². The first kappa shape index (κ1) is 15.0. The Morgan fingerprint density at radius 3 is 2.53 bits per heavy atom. The minimum atomic E-state index is -0.280. The molecule has 0 saturated carbocycles. The number of nitriles is 1. The minimum Gasteiger partial charge on any atom is -0.484 e. The fraction of sp³-hybridized carbons (Fsp3) is 0.429. The molecule has 1 aromatic rings. The summed E-state index contributed by atoms with van der Waals surface area (Å²) in [6.07, 6.45) is 0. The molecule has 0 aliphatic heterocycles. The quantitative estimate of drug-likeness (QED) is 0.803. The number of nitrogens with one attached hydrogen (secondary N) is 1. The standard InChI is InChI=1S/C14H18N2O3/c1-10(2)13(8-17)16-14(18)9-19-12-5-3-11(7-15)4-6-12/h3-6,10,13,17H,8-9H2,1-2H3,(H,16,18)/t13-/m1/s1. The Morgan fingerprint density at radius 1 is 1.42 bits per heavy atom. The van der Waals surface area contributed by atoms with Crippen molar-refractivity contribution in [2.24, 2.45) is 5.92 Å². The molecule has 0 bridgehead atoms. The third-order valence-corrected chi connectivity index (χ3v) is 2.70. The lowest BCUT2D eigenvalue weighted by molar-refractivity contribution is -0.124. The van der Waals surface area contributed by atoms with Crippen molar-refractivity contribution in [3.05, 3.63) is 29.8 Å². The number of hydrogen-bond acceptors (Lipinski definition) is 4. The van der Waals surface area contributed by atoms with Crippen molar-refractivity contribution in [3.8, 4) is 11.8 Å². The van der Waals surface area contributed by atoms with Crippen LogP contribution in [0.1, 0.15) is 19.4 Å². The lowest BCUT2D eigenvalue weighted by Crippen LogP contribution is -2.43. The van der Waals surface area contributed by atoms with Gasteiger partial charge < -0.3 is 15.2 Å². The highest BCUT2D eigenvalue weighted by Gasteiger charge is 2.15. The molecule has 0 fully saturated rings. The summed E-state index contributed by atoms with van der Waals surface area (Å²) in [6.45, 7) is 3.63. The van der Waals surface area contributed by atoms with Gasteiger partial charge in [0.25, 0.3) is 5.91 Å². The van der Waals surface area contributed by atoms with Gasteiger partial charge in [0.15, 0.2) is 6.61 Å². The zero-order valence-corrected chi connectivity index (χ0v) is 11.1. The summed E-state index contributed by atoms with van der Waals surface area (Å²) in [5.74, 6) is 0.403. The largest absolute Gasteiger partial charge is 0.484 e. The van der Waals surface area contributed by atoms with E-state index in [1.54, 1.807) is 24.3 Å². The van der Waals surface area contributed by atoms with Crippen molar-refractivity contribution in [2.75, 3.05) is 13.2 Å². The van der Waals surface area contributed by atoms with Crippen LogP contribution in [0.4, 0.5) is 0 Å². The highest BCUT2D eigenvalue weighted by molar-refractivity contribution is 5.77. The summed E-state index contributed by atoms with van der Waals surface area (Å²) in [5, 5.41) is 20.4. The minimum absolute atomic E-state index is 0.0970. The topological polar surface area (TPSA) is 82.3 Å². The van der Waals surface area contributed by atoms with Crippen LogP contribution in [0.2, 0.25) is 0 Å². The Labute approximate surface area is 112 Å². The number of carbonyl (C=O) groups is 1. The van der Waals surface area contributed by atoms with E-state index in [0.717, 1.165) is 0 Å². The van der Waals surface area contributed by atoms with Gasteiger partial charge in [-0.3, -0.25) is 4.79 Å². The SMILES string of the molecule is CC(C)[C@@H](CO)NC(=O)COc1ccc(C#N)cc1. The van der Waals surface area contributed by atoms with Crippen molar-refractivity contribution in [2.45, 2.75) is 19.9 Å². The molecule has 1 aromatic carbocycles. The van der Waals surface area contributed by atoms with Crippen LogP contribution in [0.25, 0.3) is 0 Å². The molecule has 5 nitrogen and oxygen atoms in total. The average molecular weight is 262 g/mol. The van der Waals surface area contributed by atoms with E-state index in [-0.39, 0.29) is 31.1 Å². The van der Waals surface area contributed by atoms with Crippen LogP contribution >= 0.6 is 0 Å². The maximum absolute atomic E-state index is 11.6. The Morgan fingerprint density at radius 2 is 2.05 bits per heavy atom. The zero-order valence-electron chi connectivity index (χ0n) is 11.1. The van der Waals surface area contributed by atoms with Gasteiger partial charge in [-0.2, -0.15) is 5.26 Å². The Balaban J connectivity index is 2.43. The summed E-state index contributed by atoms with van der Waals surface area (Å²) in [4.78, 5) is 11.6. The van der Waals surface area contributed by atoms with Gasteiger partial charge in [-0.05, 0) is 30.2 Å². The van der Waals surface area contributed by atoms with Gasteiger partial charge >= 0.3 is 0 Å². The van der Waals surface area contributed by atoms with Crippen LogP contribution in [-0.4, -0.2) is 30.3 Å². The predicted molar refractivity (Wildman–Crippen MR) is 70.5 cm³/mol. The van der Waals surface area contributed by atoms with Gasteiger partial charge in [0.2, 0.25) is 0 Å². The number of benzene rings is 1. The molecule has 0 heterocycles. The van der Waals surface area contributed by atoms with Crippen molar-refractivity contribution < 1.29 is 14.6 Å². The number of amides is 1. The molecule has 0 aliphatic rings. The maximum atomic E-state index is 11.6. The van der Waals surface area contributed by atoms with E-state index in [9.17, 15) is 4.79 Å². The Hall–Kier alpha value is -2.06. The summed E-state index contributed by atoms with van der Waals surface area (Å²) in [5.41, 5.74) is 0.539. The molecule has 0 aromatic heterocycles. The average Bonchev–Trinajstić information content (AvgIpc) is 2.42. The van der Waals surface area contributed by atoms with Gasteiger partial charge in [0, 0.05) is 0 Å². The number of carbonyl (C=O) groups excluding carboxylic acids is 1. The van der Waals surface area contributed by atoms with Gasteiger partial charge in [-0.15, -0.1) is 0 Å². The highest BCUT2D eigenvalue weighted by atomic mass is 16.5. The summed E-state index contributed by atoms with van der Waals surface area (Å²) >= 11 is 0. The molecule has 5 heteroatoms. The Kier molecular flexibility index (Phi) is 5.83. The van der Waals surface area contributed by atoms with Gasteiger partial charge in [0.05, 0.1) is 24.3 Å². The first-order valence-corrected chi connectivity index (χ1v) is 6.10. The normalized spacial score (nSPS) is 11.7. The molecule has 1 amide bonds. The van der Waals surface area contributed by atoms with E-state index in [1.807, 2.05) is 19.9 Å². The predicted octanol–water partition coefficient (Wildman–Crippen LogP) is 1.07. The number of hydrogen-bond donors (Lipinski definition) is 2. The lowest BCUT2D eigenvalue weighted by atomic mass is 10.1. The lowest BCUT2D eigenvalue weighted by Gasteiger charge is -2.19. The number of nitrogens with zero attached hydrogens (tertiary/aromatic N) is 1. The van der Waals surface area contributed by atoms with Gasteiger partial charge in [-0.25, -0.2) is 0 Å². The van der Waals surface area contributed by atoms with Crippen molar-refractivity contribution in [1.82, 2.24) is 5.32 Å². The molecule has 19 heavy (non-hydrogen) atoms. The smallest absolute Gasteiger partial charge is 0.258 e. The monoisotopic (exact) mass is 262 g/mol. The van der Waals surface area contributed by atoms with Crippen LogP contribution in [0, 0.1) is 17.2 Å². The third-order valence-electron chi connectivity index (χ3n) is 2.70. The molecular weight excluding hydrogens is 244 g/mol. The number of ether oxygens (including phenoxy) is 1. The molecule has 102 valence electrons. The first-order valence-electron chi connectivity index (χ1n) is 6.10. The number of aliphatic hydroxyl groups excluding tert-OH is 1. The van der Waals surface area contributed by atoms with Crippen molar-refractivity contribution in [1.29, 1.82) is 5.26 Å². The second-order valence-electron chi connectivity index (χ2n) is 4.53. The fourth-order valence-electron chi connectivity index (χ4n) is 1.45. The summed E-state index contributed by atoms with van der Waals surface area (Å²) in [6, 6.07) is 8.26. The molecular formula is C14H18N2O3. The molecule has 0 unspecified atom stereocenters. The van der Waals surface area contributed by atoms with Crippen molar-refractivity contribution >= 4 is 5.91 Å². The van der Waals surface area contributed by atoms with E-state index in [1.165, 1.54) is 0 Å². The molecule has 1 atom stereocenters. The summed E-state index contributed by atoms with van der Waals surface area (Å²) in [7, 11) is 0. The fourth-order valence-corrected chi connectivity index (χ4v) is 1.45. The molecule has 0 radical (unpaired) electrons. The number of rotatable bonds is 6. The van der Waals surface area contributed by atoms with E-state index in [4.69, 9.17) is 15.1 Å². The van der Waals surface area contributed by atoms with Crippen LogP contribution < -0.4 is 10.1 Å². The molecule has 0 saturated heterocycles. The van der Waals surface area contributed by atoms with Crippen LogP contribution in [0.15, 0.2) is 24.3 Å². The highest BCUT2D eigenvalue weighted by Crippen LogP contribution is 2.11. The maximum Gasteiger partial charge on any atom is 0.258 e. The molecule has 2 N–H and O–H groups in total. The van der Waals surface area contributed by atoms with Crippen LogP contribution in [0.3, 0.4) is 0 Å². The van der Waals surface area contributed by atoms with Crippen molar-refractivity contribution in [3.63, 3.8) is 0 Å². The Bertz CT molecular complexity index is 449. The van der Waals surface area contributed by atoms with E-state index in [0.29, 0.717) is 11.3 Å². The molecule has 1 rings (SSSR count). The summed E-state index contributed by atoms with van der Waals surface area (Å²) < 4.78 is 5.29. The van der Waals surface area contributed by atoms with E-state index < -0.39 is 0 Å². The van der Waals surface area contributed by atoms with E-state index in [2.05, 4.69) is 5.32 Å². The third kappa shape index (κ3) is 4.98.